The Morgan fingerprint density at radius 3 is 2.69 bits per heavy atom. The van der Waals surface area contributed by atoms with E-state index in [1.54, 1.807) is 6.07 Å². The molecule has 0 amide bonds. The van der Waals surface area contributed by atoms with E-state index in [-0.39, 0.29) is 22.8 Å². The van der Waals surface area contributed by atoms with Crippen LogP contribution in [0.4, 0.5) is 13.2 Å². The van der Waals surface area contributed by atoms with Crippen molar-refractivity contribution in [2.24, 2.45) is 5.41 Å². The SMILES string of the molecule is CC(c1nc(-c2cccc(C(F)(F)F)c2)no1)N1CCOCC2(CCOCC2)C1. The minimum absolute atomic E-state index is 0.0485. The fourth-order valence-electron chi connectivity index (χ4n) is 3.98. The normalized spacial score (nSPS) is 21.8. The molecule has 0 N–H and O–H groups in total. The highest BCUT2D eigenvalue weighted by Crippen LogP contribution is 2.36. The molecule has 1 spiro atoms. The van der Waals surface area contributed by atoms with Crippen molar-refractivity contribution in [3.05, 3.63) is 35.7 Å². The molecule has 158 valence electrons. The third-order valence-electron chi connectivity index (χ3n) is 5.82. The van der Waals surface area contributed by atoms with Gasteiger partial charge in [0.15, 0.2) is 0 Å². The van der Waals surface area contributed by atoms with Gasteiger partial charge in [-0.2, -0.15) is 18.2 Å². The van der Waals surface area contributed by atoms with E-state index < -0.39 is 11.7 Å². The van der Waals surface area contributed by atoms with Gasteiger partial charge in [-0.15, -0.1) is 0 Å². The van der Waals surface area contributed by atoms with Crippen molar-refractivity contribution in [3.8, 4) is 11.4 Å². The van der Waals surface area contributed by atoms with Crippen LogP contribution in [0.3, 0.4) is 0 Å². The number of aromatic nitrogens is 2. The molecule has 29 heavy (non-hydrogen) atoms. The number of ether oxygens (including phenoxy) is 2. The largest absolute Gasteiger partial charge is 0.416 e. The van der Waals surface area contributed by atoms with E-state index in [2.05, 4.69) is 15.0 Å². The fraction of sp³-hybridized carbons (Fsp3) is 0.600. The molecule has 2 aliphatic heterocycles. The molecule has 2 fully saturated rings. The van der Waals surface area contributed by atoms with Gasteiger partial charge in [-0.3, -0.25) is 4.90 Å². The first-order chi connectivity index (χ1) is 13.9. The van der Waals surface area contributed by atoms with Crippen LogP contribution in [0.2, 0.25) is 0 Å². The summed E-state index contributed by atoms with van der Waals surface area (Å²) in [6.45, 7) is 6.31. The van der Waals surface area contributed by atoms with E-state index in [4.69, 9.17) is 14.0 Å². The number of alkyl halides is 3. The lowest BCUT2D eigenvalue weighted by molar-refractivity contribution is -0.137. The average molecular weight is 411 g/mol. The molecule has 0 saturated carbocycles. The summed E-state index contributed by atoms with van der Waals surface area (Å²) in [4.78, 5) is 6.64. The van der Waals surface area contributed by atoms with E-state index in [0.717, 1.165) is 51.3 Å². The molecular weight excluding hydrogens is 387 g/mol. The molecule has 0 bridgehead atoms. The molecular formula is C20H24F3N3O3. The second-order valence-electron chi connectivity index (χ2n) is 7.85. The van der Waals surface area contributed by atoms with Gasteiger partial charge >= 0.3 is 6.18 Å². The average Bonchev–Trinajstić information content (AvgIpc) is 3.12. The molecule has 0 aliphatic carbocycles. The van der Waals surface area contributed by atoms with Crippen LogP contribution in [0, 0.1) is 5.41 Å². The summed E-state index contributed by atoms with van der Waals surface area (Å²) in [7, 11) is 0. The van der Waals surface area contributed by atoms with Crippen molar-refractivity contribution in [1.29, 1.82) is 0 Å². The van der Waals surface area contributed by atoms with Crippen LogP contribution in [0.15, 0.2) is 28.8 Å². The summed E-state index contributed by atoms with van der Waals surface area (Å²) in [6, 6.07) is 4.79. The summed E-state index contributed by atoms with van der Waals surface area (Å²) >= 11 is 0. The van der Waals surface area contributed by atoms with E-state index in [9.17, 15) is 13.2 Å². The second-order valence-corrected chi connectivity index (χ2v) is 7.85. The summed E-state index contributed by atoms with van der Waals surface area (Å²) < 4.78 is 55.7. The summed E-state index contributed by atoms with van der Waals surface area (Å²) in [6.07, 6.45) is -2.54. The topological polar surface area (TPSA) is 60.6 Å². The number of hydrogen-bond donors (Lipinski definition) is 0. The van der Waals surface area contributed by atoms with E-state index in [1.165, 1.54) is 6.07 Å². The summed E-state index contributed by atoms with van der Waals surface area (Å²) in [5.41, 5.74) is -0.407. The quantitative estimate of drug-likeness (QED) is 0.762. The maximum Gasteiger partial charge on any atom is 0.416 e. The minimum atomic E-state index is -4.42. The van der Waals surface area contributed by atoms with Crippen LogP contribution in [0.1, 0.15) is 37.3 Å². The van der Waals surface area contributed by atoms with Crippen LogP contribution in [-0.4, -0.2) is 54.6 Å². The van der Waals surface area contributed by atoms with E-state index in [1.807, 2.05) is 6.92 Å². The Bertz CT molecular complexity index is 834. The summed E-state index contributed by atoms with van der Waals surface area (Å²) in [5.74, 6) is 0.548. The zero-order valence-corrected chi connectivity index (χ0v) is 16.2. The zero-order valence-electron chi connectivity index (χ0n) is 16.2. The maximum atomic E-state index is 13.0. The first kappa shape index (κ1) is 20.3. The van der Waals surface area contributed by atoms with E-state index >= 15 is 0 Å². The molecule has 6 nitrogen and oxygen atoms in total. The second kappa shape index (κ2) is 8.04. The fourth-order valence-corrected chi connectivity index (χ4v) is 3.98. The van der Waals surface area contributed by atoms with Gasteiger partial charge in [0.05, 0.1) is 24.8 Å². The lowest BCUT2D eigenvalue weighted by atomic mass is 9.80. The Morgan fingerprint density at radius 2 is 1.93 bits per heavy atom. The van der Waals surface area contributed by atoms with Gasteiger partial charge in [0.25, 0.3) is 0 Å². The van der Waals surface area contributed by atoms with Crippen LogP contribution >= 0.6 is 0 Å². The molecule has 2 aromatic rings. The molecule has 0 radical (unpaired) electrons. The highest BCUT2D eigenvalue weighted by Gasteiger charge is 2.39. The van der Waals surface area contributed by atoms with Gasteiger partial charge in [0, 0.05) is 37.3 Å². The molecule has 1 aromatic heterocycles. The van der Waals surface area contributed by atoms with Gasteiger partial charge in [-0.25, -0.2) is 0 Å². The standard InChI is InChI=1S/C20H24F3N3O3/c1-14(26-7-10-28-13-19(12-26)5-8-27-9-6-19)18-24-17(25-29-18)15-3-2-4-16(11-15)20(21,22)23/h2-4,11,14H,5-10,12-13H2,1H3. The van der Waals surface area contributed by atoms with Crippen molar-refractivity contribution < 1.29 is 27.2 Å². The Hall–Kier alpha value is -1.97. The number of nitrogens with zero attached hydrogens (tertiary/aromatic N) is 3. The molecule has 2 aliphatic rings. The van der Waals surface area contributed by atoms with Gasteiger partial charge in [-0.1, -0.05) is 17.3 Å². The van der Waals surface area contributed by atoms with Crippen LogP contribution in [-0.2, 0) is 15.7 Å². The smallest absolute Gasteiger partial charge is 0.381 e. The molecule has 2 saturated heterocycles. The predicted octanol–water partition coefficient (Wildman–Crippen LogP) is 3.95. The molecule has 1 atom stereocenters. The van der Waals surface area contributed by atoms with Gasteiger partial charge in [0.1, 0.15) is 0 Å². The highest BCUT2D eigenvalue weighted by molar-refractivity contribution is 5.55. The van der Waals surface area contributed by atoms with Crippen molar-refractivity contribution >= 4 is 0 Å². The maximum absolute atomic E-state index is 13.0. The third kappa shape index (κ3) is 4.46. The Balaban J connectivity index is 1.53. The number of rotatable bonds is 3. The zero-order chi connectivity index (χ0) is 20.5. The summed E-state index contributed by atoms with van der Waals surface area (Å²) in [5, 5.41) is 3.92. The van der Waals surface area contributed by atoms with Gasteiger partial charge in [-0.05, 0) is 31.9 Å². The van der Waals surface area contributed by atoms with Crippen molar-refractivity contribution in [3.63, 3.8) is 0 Å². The van der Waals surface area contributed by atoms with Crippen molar-refractivity contribution in [1.82, 2.24) is 15.0 Å². The van der Waals surface area contributed by atoms with Gasteiger partial charge in [0.2, 0.25) is 11.7 Å². The van der Waals surface area contributed by atoms with Crippen LogP contribution in [0.5, 0.6) is 0 Å². The Labute approximate surface area is 167 Å². The van der Waals surface area contributed by atoms with Crippen LogP contribution < -0.4 is 0 Å². The molecule has 4 rings (SSSR count). The molecule has 3 heterocycles. The lowest BCUT2D eigenvalue weighted by Gasteiger charge is -2.39. The lowest BCUT2D eigenvalue weighted by Crippen LogP contribution is -2.43. The van der Waals surface area contributed by atoms with Crippen LogP contribution in [0.25, 0.3) is 11.4 Å². The number of benzene rings is 1. The van der Waals surface area contributed by atoms with E-state index in [0.29, 0.717) is 19.1 Å². The monoisotopic (exact) mass is 411 g/mol. The molecule has 1 aromatic carbocycles. The number of hydrogen-bond acceptors (Lipinski definition) is 6. The third-order valence-corrected chi connectivity index (χ3v) is 5.82. The highest BCUT2D eigenvalue weighted by atomic mass is 19.4. The van der Waals surface area contributed by atoms with Crippen molar-refractivity contribution in [2.75, 3.05) is 39.5 Å². The Kier molecular flexibility index (Phi) is 5.63. The molecule has 1 unspecified atom stereocenters. The molecule has 9 heteroatoms. The van der Waals surface area contributed by atoms with Gasteiger partial charge < -0.3 is 14.0 Å². The first-order valence-electron chi connectivity index (χ1n) is 9.77. The Morgan fingerprint density at radius 1 is 1.14 bits per heavy atom. The first-order valence-corrected chi connectivity index (χ1v) is 9.77. The predicted molar refractivity (Wildman–Crippen MR) is 98.0 cm³/mol. The van der Waals surface area contributed by atoms with Crippen molar-refractivity contribution in [2.45, 2.75) is 32.0 Å². The number of halogens is 3. The minimum Gasteiger partial charge on any atom is -0.381 e.